The van der Waals surface area contributed by atoms with Crippen LogP contribution in [-0.2, 0) is 17.8 Å². The highest BCUT2D eigenvalue weighted by atomic mass is 35.5. The van der Waals surface area contributed by atoms with Crippen molar-refractivity contribution in [3.63, 3.8) is 0 Å². The first-order valence-electron chi connectivity index (χ1n) is 11.9. The molecule has 0 spiro atoms. The minimum atomic E-state index is -0.820. The molecule has 2 N–H and O–H groups in total. The van der Waals surface area contributed by atoms with E-state index in [0.717, 1.165) is 26.7 Å². The van der Waals surface area contributed by atoms with Gasteiger partial charge in [-0.05, 0) is 82.0 Å². The van der Waals surface area contributed by atoms with E-state index in [-0.39, 0.29) is 6.61 Å². The van der Waals surface area contributed by atoms with Crippen molar-refractivity contribution >= 4 is 29.5 Å². The fraction of sp³-hybridized carbons (Fsp3) is 0.345. The minimum absolute atomic E-state index is 0.208. The second-order valence-electron chi connectivity index (χ2n) is 9.95. The number of ether oxygens (including phenoxy) is 2. The van der Waals surface area contributed by atoms with Crippen molar-refractivity contribution in [2.24, 2.45) is 0 Å². The van der Waals surface area contributed by atoms with E-state index in [1.54, 1.807) is 39.5 Å². The smallest absolute Gasteiger partial charge is 0.408 e. The number of carbonyl (C=O) groups excluding carboxylic acids is 1. The summed E-state index contributed by atoms with van der Waals surface area (Å²) >= 11 is 8.21. The Labute approximate surface area is 223 Å². The van der Waals surface area contributed by atoms with E-state index in [4.69, 9.17) is 21.1 Å². The predicted octanol–water partition coefficient (Wildman–Crippen LogP) is 7.28. The third-order valence-corrected chi connectivity index (χ3v) is 6.74. The number of benzene rings is 3. The molecule has 5 nitrogen and oxygen atoms in total. The first-order valence-corrected chi connectivity index (χ1v) is 13.1. The molecule has 192 valence electrons. The number of hydrogen-bond acceptors (Lipinski definition) is 5. The summed E-state index contributed by atoms with van der Waals surface area (Å²) in [5.41, 5.74) is 0.646. The van der Waals surface area contributed by atoms with Crippen LogP contribution >= 0.6 is 23.4 Å². The standard InChI is InChI=1S/C29H34ClNO4S/c1-28(2,3)35-27(33)31-29(4,20-32)16-15-22-13-14-25(18-26(22)30)36-24-12-8-11-23(17-24)34-19-21-9-6-5-7-10-21/h5-14,17-18,32H,15-16,19-20H2,1-4H3,(H,31,33)/t29-/m0/s1. The molecule has 0 bridgehead atoms. The molecule has 0 heterocycles. The Balaban J connectivity index is 1.58. The lowest BCUT2D eigenvalue weighted by Gasteiger charge is -2.30. The van der Waals surface area contributed by atoms with Crippen LogP contribution in [0.4, 0.5) is 4.79 Å². The van der Waals surface area contributed by atoms with Gasteiger partial charge in [0.05, 0.1) is 12.1 Å². The van der Waals surface area contributed by atoms with Crippen LogP contribution in [0.15, 0.2) is 82.6 Å². The summed E-state index contributed by atoms with van der Waals surface area (Å²) in [6.45, 7) is 7.51. The van der Waals surface area contributed by atoms with Crippen LogP contribution < -0.4 is 10.1 Å². The number of aliphatic hydroxyl groups excluding tert-OH is 1. The average molecular weight is 528 g/mol. The number of amides is 1. The number of aliphatic hydroxyl groups is 1. The molecule has 0 aliphatic carbocycles. The van der Waals surface area contributed by atoms with Crippen molar-refractivity contribution < 1.29 is 19.4 Å². The van der Waals surface area contributed by atoms with Crippen LogP contribution in [0.25, 0.3) is 0 Å². The summed E-state index contributed by atoms with van der Waals surface area (Å²) < 4.78 is 11.3. The van der Waals surface area contributed by atoms with E-state index >= 15 is 0 Å². The lowest BCUT2D eigenvalue weighted by atomic mass is 9.94. The zero-order valence-corrected chi connectivity index (χ0v) is 22.8. The molecule has 0 saturated carbocycles. The quantitative estimate of drug-likeness (QED) is 0.290. The Morgan fingerprint density at radius 1 is 0.972 bits per heavy atom. The van der Waals surface area contributed by atoms with Crippen molar-refractivity contribution in [1.29, 1.82) is 0 Å². The molecule has 0 aliphatic heterocycles. The van der Waals surface area contributed by atoms with Gasteiger partial charge in [-0.3, -0.25) is 0 Å². The third kappa shape index (κ3) is 9.08. The highest BCUT2D eigenvalue weighted by Gasteiger charge is 2.28. The van der Waals surface area contributed by atoms with Crippen LogP contribution in [0.5, 0.6) is 5.75 Å². The van der Waals surface area contributed by atoms with Crippen LogP contribution in [0.3, 0.4) is 0 Å². The zero-order chi connectivity index (χ0) is 26.2. The first kappa shape index (κ1) is 27.9. The molecule has 7 heteroatoms. The van der Waals surface area contributed by atoms with Gasteiger partial charge in [0.2, 0.25) is 0 Å². The predicted molar refractivity (Wildman–Crippen MR) is 146 cm³/mol. The molecule has 3 aromatic rings. The monoisotopic (exact) mass is 527 g/mol. The molecule has 3 rings (SSSR count). The Morgan fingerprint density at radius 3 is 2.36 bits per heavy atom. The second-order valence-corrected chi connectivity index (χ2v) is 11.5. The van der Waals surface area contributed by atoms with Crippen molar-refractivity contribution in [3.05, 3.63) is 88.9 Å². The average Bonchev–Trinajstić information content (AvgIpc) is 2.82. The number of aryl methyl sites for hydroxylation is 1. The van der Waals surface area contributed by atoms with E-state index in [1.807, 2.05) is 72.8 Å². The molecule has 1 atom stereocenters. The molecular formula is C29H34ClNO4S. The van der Waals surface area contributed by atoms with Gasteiger partial charge in [0.1, 0.15) is 18.0 Å². The molecular weight excluding hydrogens is 494 g/mol. The Morgan fingerprint density at radius 2 is 1.69 bits per heavy atom. The van der Waals surface area contributed by atoms with Crippen LogP contribution in [0, 0.1) is 0 Å². The summed E-state index contributed by atoms with van der Waals surface area (Å²) in [6, 6.07) is 24.0. The molecule has 0 fully saturated rings. The fourth-order valence-electron chi connectivity index (χ4n) is 3.44. The number of carbonyl (C=O) groups is 1. The highest BCUT2D eigenvalue weighted by Crippen LogP contribution is 2.33. The normalized spacial score (nSPS) is 13.1. The molecule has 36 heavy (non-hydrogen) atoms. The van der Waals surface area contributed by atoms with E-state index in [1.165, 1.54) is 0 Å². The zero-order valence-electron chi connectivity index (χ0n) is 21.2. The van der Waals surface area contributed by atoms with Crippen LogP contribution in [-0.4, -0.2) is 28.9 Å². The van der Waals surface area contributed by atoms with Gasteiger partial charge in [-0.1, -0.05) is 65.8 Å². The molecule has 0 aromatic heterocycles. The maximum atomic E-state index is 12.2. The van der Waals surface area contributed by atoms with Gasteiger partial charge in [0.25, 0.3) is 0 Å². The van der Waals surface area contributed by atoms with Gasteiger partial charge in [0, 0.05) is 14.8 Å². The van der Waals surface area contributed by atoms with Crippen molar-refractivity contribution in [2.75, 3.05) is 6.61 Å². The highest BCUT2D eigenvalue weighted by molar-refractivity contribution is 7.99. The number of hydrogen-bond donors (Lipinski definition) is 2. The SMILES string of the molecule is CC(C)(C)OC(=O)N[C@](C)(CO)CCc1ccc(Sc2cccc(OCc3ccccc3)c2)cc1Cl. The van der Waals surface area contributed by atoms with Crippen LogP contribution in [0.1, 0.15) is 45.2 Å². The first-order chi connectivity index (χ1) is 17.0. The van der Waals surface area contributed by atoms with Gasteiger partial charge in [0.15, 0.2) is 0 Å². The van der Waals surface area contributed by atoms with Crippen LogP contribution in [0.2, 0.25) is 5.02 Å². The van der Waals surface area contributed by atoms with E-state index in [0.29, 0.717) is 24.5 Å². The van der Waals surface area contributed by atoms with Crippen molar-refractivity contribution in [3.8, 4) is 5.75 Å². The summed E-state index contributed by atoms with van der Waals surface area (Å²) in [6.07, 6.45) is 0.557. The molecule has 0 saturated heterocycles. The lowest BCUT2D eigenvalue weighted by molar-refractivity contribution is 0.0407. The van der Waals surface area contributed by atoms with Gasteiger partial charge in [-0.2, -0.15) is 0 Å². The van der Waals surface area contributed by atoms with E-state index in [2.05, 4.69) is 5.32 Å². The second kappa shape index (κ2) is 12.5. The van der Waals surface area contributed by atoms with Gasteiger partial charge >= 0.3 is 6.09 Å². The van der Waals surface area contributed by atoms with Gasteiger partial charge in [-0.15, -0.1) is 0 Å². The topological polar surface area (TPSA) is 67.8 Å². The maximum absolute atomic E-state index is 12.2. The lowest BCUT2D eigenvalue weighted by Crippen LogP contribution is -2.50. The summed E-state index contributed by atoms with van der Waals surface area (Å²) in [7, 11) is 0. The molecule has 0 aliphatic rings. The minimum Gasteiger partial charge on any atom is -0.489 e. The number of rotatable bonds is 10. The summed E-state index contributed by atoms with van der Waals surface area (Å²) in [5, 5.41) is 13.3. The molecule has 3 aromatic carbocycles. The largest absolute Gasteiger partial charge is 0.489 e. The Hall–Kier alpha value is -2.67. The summed E-state index contributed by atoms with van der Waals surface area (Å²) in [4.78, 5) is 14.3. The molecule has 0 radical (unpaired) electrons. The Kier molecular flexibility index (Phi) is 9.71. The third-order valence-electron chi connectivity index (χ3n) is 5.41. The number of nitrogens with one attached hydrogen (secondary N) is 1. The number of alkyl carbamates (subject to hydrolysis) is 1. The van der Waals surface area contributed by atoms with E-state index < -0.39 is 17.2 Å². The van der Waals surface area contributed by atoms with Gasteiger partial charge < -0.3 is 19.9 Å². The molecule has 1 amide bonds. The fourth-order valence-corrected chi connectivity index (χ4v) is 4.69. The summed E-state index contributed by atoms with van der Waals surface area (Å²) in [5.74, 6) is 0.812. The van der Waals surface area contributed by atoms with E-state index in [9.17, 15) is 9.90 Å². The number of halogens is 1. The van der Waals surface area contributed by atoms with Gasteiger partial charge in [-0.25, -0.2) is 4.79 Å². The van der Waals surface area contributed by atoms with Crippen molar-refractivity contribution in [1.82, 2.24) is 5.32 Å². The van der Waals surface area contributed by atoms with Crippen molar-refractivity contribution in [2.45, 2.75) is 68.1 Å². The maximum Gasteiger partial charge on any atom is 0.408 e. The Bertz CT molecular complexity index is 1150. The molecule has 0 unspecified atom stereocenters.